The summed E-state index contributed by atoms with van der Waals surface area (Å²) in [7, 11) is 2.08. The van der Waals surface area contributed by atoms with Crippen molar-refractivity contribution in [2.75, 3.05) is 45.3 Å². The number of nitrogens with zero attached hydrogens (tertiary/aromatic N) is 3. The monoisotopic (exact) mass is 312 g/mol. The van der Waals surface area contributed by atoms with Crippen molar-refractivity contribution in [3.05, 3.63) is 10.6 Å². The van der Waals surface area contributed by atoms with Crippen molar-refractivity contribution in [3.63, 3.8) is 0 Å². The zero-order chi connectivity index (χ0) is 15.4. The van der Waals surface area contributed by atoms with Gasteiger partial charge in [-0.05, 0) is 14.0 Å². The molecule has 1 aromatic rings. The maximum atomic E-state index is 11.8. The first-order valence-electron chi connectivity index (χ1n) is 6.90. The lowest BCUT2D eigenvalue weighted by Crippen LogP contribution is -2.46. The third kappa shape index (κ3) is 3.99. The summed E-state index contributed by atoms with van der Waals surface area (Å²) in [5.74, 6) is -0.729. The smallest absolute Gasteiger partial charge is 0.358 e. The molecule has 0 unspecified atom stereocenters. The molecule has 8 heteroatoms. The van der Waals surface area contributed by atoms with E-state index in [9.17, 15) is 9.59 Å². The van der Waals surface area contributed by atoms with Gasteiger partial charge in [0.05, 0.1) is 6.61 Å². The van der Waals surface area contributed by atoms with E-state index in [4.69, 9.17) is 4.74 Å². The van der Waals surface area contributed by atoms with E-state index < -0.39 is 5.97 Å². The Hall–Kier alpha value is -1.51. The minimum atomic E-state index is -0.551. The fourth-order valence-corrected chi connectivity index (χ4v) is 2.87. The van der Waals surface area contributed by atoms with Crippen LogP contribution in [0.4, 0.5) is 5.13 Å². The molecule has 1 aromatic heterocycles. The van der Waals surface area contributed by atoms with Gasteiger partial charge in [-0.25, -0.2) is 14.8 Å². The number of Topliss-reactive ketones (excluding diaryl/α,β-unsaturated/α-hetero) is 1. The lowest BCUT2D eigenvalue weighted by atomic mass is 10.3. The van der Waals surface area contributed by atoms with Crippen LogP contribution in [-0.4, -0.2) is 66.5 Å². The van der Waals surface area contributed by atoms with Crippen molar-refractivity contribution in [2.45, 2.75) is 13.8 Å². The summed E-state index contributed by atoms with van der Waals surface area (Å²) >= 11 is 1.19. The maximum Gasteiger partial charge on any atom is 0.358 e. The molecule has 0 amide bonds. The zero-order valence-corrected chi connectivity index (χ0v) is 13.3. The molecule has 1 N–H and O–H groups in total. The first-order chi connectivity index (χ1) is 10.0. The van der Waals surface area contributed by atoms with Gasteiger partial charge in [0.25, 0.3) is 0 Å². The lowest BCUT2D eigenvalue weighted by molar-refractivity contribution is 0.0517. The Balaban J connectivity index is 2.11. The van der Waals surface area contributed by atoms with E-state index in [1.165, 1.54) is 18.3 Å². The van der Waals surface area contributed by atoms with Crippen LogP contribution >= 0.6 is 11.3 Å². The van der Waals surface area contributed by atoms with Gasteiger partial charge in [-0.15, -0.1) is 0 Å². The van der Waals surface area contributed by atoms with E-state index in [1.54, 1.807) is 6.92 Å². The Morgan fingerprint density at radius 1 is 1.33 bits per heavy atom. The molecule has 2 rings (SSSR count). The van der Waals surface area contributed by atoms with E-state index >= 15 is 0 Å². The number of hydrogen-bond acceptors (Lipinski definition) is 8. The number of ether oxygens (including phenoxy) is 1. The van der Waals surface area contributed by atoms with Crippen LogP contribution in [0, 0.1) is 0 Å². The molecular weight excluding hydrogens is 292 g/mol. The fraction of sp³-hybridized carbons (Fsp3) is 0.615. The van der Waals surface area contributed by atoms with Gasteiger partial charge < -0.3 is 9.64 Å². The van der Waals surface area contributed by atoms with E-state index in [0.29, 0.717) is 10.0 Å². The quantitative estimate of drug-likeness (QED) is 0.644. The van der Waals surface area contributed by atoms with Gasteiger partial charge in [0.15, 0.2) is 16.6 Å². The van der Waals surface area contributed by atoms with E-state index in [1.807, 2.05) is 5.01 Å². The Morgan fingerprint density at radius 2 is 2.00 bits per heavy atom. The molecule has 116 valence electrons. The van der Waals surface area contributed by atoms with Crippen molar-refractivity contribution in [2.24, 2.45) is 0 Å². The second kappa shape index (κ2) is 6.97. The summed E-state index contributed by atoms with van der Waals surface area (Å²) in [4.78, 5) is 30.3. The molecular formula is C13H20N4O3S. The lowest BCUT2D eigenvalue weighted by Gasteiger charge is -2.32. The third-order valence-electron chi connectivity index (χ3n) is 3.17. The fourth-order valence-electron chi connectivity index (χ4n) is 2.00. The molecule has 0 radical (unpaired) electrons. The number of ketones is 1. The topological polar surface area (TPSA) is 74.8 Å². The number of hydrogen-bond donors (Lipinski definition) is 1. The van der Waals surface area contributed by atoms with Crippen LogP contribution in [-0.2, 0) is 4.74 Å². The normalized spacial score (nSPS) is 16.7. The Morgan fingerprint density at radius 3 is 2.57 bits per heavy atom. The van der Waals surface area contributed by atoms with Crippen LogP contribution in [0.15, 0.2) is 0 Å². The number of hydrazine groups is 1. The van der Waals surface area contributed by atoms with E-state index in [2.05, 4.69) is 22.4 Å². The molecule has 0 saturated carbocycles. The van der Waals surface area contributed by atoms with Gasteiger partial charge in [-0.2, -0.15) is 0 Å². The first kappa shape index (κ1) is 15.9. The summed E-state index contributed by atoms with van der Waals surface area (Å²) in [5, 5.41) is 2.59. The van der Waals surface area contributed by atoms with Gasteiger partial charge >= 0.3 is 5.97 Å². The van der Waals surface area contributed by atoms with Crippen LogP contribution in [0.25, 0.3) is 0 Å². The Kier molecular flexibility index (Phi) is 5.27. The molecule has 1 fully saturated rings. The van der Waals surface area contributed by atoms with Gasteiger partial charge in [0, 0.05) is 33.1 Å². The number of esters is 1. The first-order valence-corrected chi connectivity index (χ1v) is 7.72. The largest absolute Gasteiger partial charge is 0.461 e. The summed E-state index contributed by atoms with van der Waals surface area (Å²) in [5.41, 5.74) is 3.27. The van der Waals surface area contributed by atoms with Crippen molar-refractivity contribution in [1.82, 2.24) is 14.9 Å². The highest BCUT2D eigenvalue weighted by atomic mass is 32.1. The van der Waals surface area contributed by atoms with Crippen molar-refractivity contribution >= 4 is 28.2 Å². The van der Waals surface area contributed by atoms with Crippen molar-refractivity contribution < 1.29 is 14.3 Å². The molecule has 7 nitrogen and oxygen atoms in total. The molecule has 0 bridgehead atoms. The molecule has 0 aromatic carbocycles. The summed E-state index contributed by atoms with van der Waals surface area (Å²) < 4.78 is 4.94. The highest BCUT2D eigenvalue weighted by Crippen LogP contribution is 2.25. The average molecular weight is 312 g/mol. The summed E-state index contributed by atoms with van der Waals surface area (Å²) in [6.07, 6.45) is 0. The standard InChI is InChI=1S/C13H20N4O3S/c1-4-20-12(19)10-11(9(2)18)21-13(14-10)15-17-7-5-16(3)6-8-17/h4-8H2,1-3H3,(H,14,15). The number of nitrogens with one attached hydrogen (secondary N) is 1. The predicted molar refractivity (Wildman–Crippen MR) is 80.8 cm³/mol. The maximum absolute atomic E-state index is 11.8. The Bertz CT molecular complexity index is 523. The Labute approximate surface area is 127 Å². The summed E-state index contributed by atoms with van der Waals surface area (Å²) in [6.45, 7) is 7.05. The second-order valence-electron chi connectivity index (χ2n) is 4.88. The highest BCUT2D eigenvalue weighted by Gasteiger charge is 2.23. The second-order valence-corrected chi connectivity index (χ2v) is 5.87. The summed E-state index contributed by atoms with van der Waals surface area (Å²) in [6, 6.07) is 0. The molecule has 0 spiro atoms. The zero-order valence-electron chi connectivity index (χ0n) is 12.5. The number of rotatable bonds is 5. The number of carbonyl (C=O) groups is 2. The number of aromatic nitrogens is 1. The minimum absolute atomic E-state index is 0.103. The number of piperazine rings is 1. The van der Waals surface area contributed by atoms with Crippen molar-refractivity contribution in [1.29, 1.82) is 0 Å². The van der Waals surface area contributed by atoms with Crippen LogP contribution in [0.2, 0.25) is 0 Å². The number of carbonyl (C=O) groups excluding carboxylic acids is 2. The number of likely N-dealkylation sites (N-methyl/N-ethyl adjacent to an activating group) is 1. The molecule has 21 heavy (non-hydrogen) atoms. The van der Waals surface area contributed by atoms with Crippen molar-refractivity contribution in [3.8, 4) is 0 Å². The molecule has 1 aliphatic rings. The molecule has 0 aliphatic carbocycles. The van der Waals surface area contributed by atoms with E-state index in [-0.39, 0.29) is 18.1 Å². The predicted octanol–water partition coefficient (Wildman–Crippen LogP) is 1.10. The van der Waals surface area contributed by atoms with Crippen LogP contribution in [0.1, 0.15) is 34.0 Å². The average Bonchev–Trinajstić information content (AvgIpc) is 2.86. The van der Waals surface area contributed by atoms with Crippen LogP contribution < -0.4 is 5.43 Å². The minimum Gasteiger partial charge on any atom is -0.461 e. The van der Waals surface area contributed by atoms with Gasteiger partial charge in [-0.3, -0.25) is 10.2 Å². The number of thiazole rings is 1. The van der Waals surface area contributed by atoms with E-state index in [0.717, 1.165) is 26.2 Å². The molecule has 0 atom stereocenters. The highest BCUT2D eigenvalue weighted by molar-refractivity contribution is 7.17. The SMILES string of the molecule is CCOC(=O)c1nc(NN2CCN(C)CC2)sc1C(C)=O. The van der Waals surface area contributed by atoms with Crippen LogP contribution in [0.3, 0.4) is 0 Å². The van der Waals surface area contributed by atoms with Gasteiger partial charge in [-0.1, -0.05) is 11.3 Å². The van der Waals surface area contributed by atoms with Gasteiger partial charge in [0.2, 0.25) is 0 Å². The molecule has 1 saturated heterocycles. The molecule has 1 aliphatic heterocycles. The van der Waals surface area contributed by atoms with Gasteiger partial charge in [0.1, 0.15) is 4.88 Å². The number of anilines is 1. The third-order valence-corrected chi connectivity index (χ3v) is 4.23. The van der Waals surface area contributed by atoms with Crippen LogP contribution in [0.5, 0.6) is 0 Å². The molecule has 2 heterocycles.